The molecule has 26 heavy (non-hydrogen) atoms. The topological polar surface area (TPSA) is 24.8 Å². The van der Waals surface area contributed by atoms with Crippen LogP contribution in [-0.4, -0.2) is 35.8 Å². The number of oxime groups is 1. The van der Waals surface area contributed by atoms with Crippen LogP contribution in [0, 0.1) is 0 Å². The number of hydrogen-bond donors (Lipinski definition) is 0. The van der Waals surface area contributed by atoms with Crippen molar-refractivity contribution in [3.05, 3.63) is 41.5 Å². The van der Waals surface area contributed by atoms with Gasteiger partial charge in [0.2, 0.25) is 0 Å². The van der Waals surface area contributed by atoms with Gasteiger partial charge in [-0.1, -0.05) is 48.3 Å². The number of rotatable bonds is 7. The van der Waals surface area contributed by atoms with Crippen molar-refractivity contribution < 1.29 is 4.84 Å². The minimum atomic E-state index is 0.529. The fourth-order valence-electron chi connectivity index (χ4n) is 3.66. The minimum absolute atomic E-state index is 0.529. The standard InChI is InChI=1S/C23H36N2O/c1-19(2)25(20(3)4)16-17-26-24-23-15-11-6-5-10-14-22(23)18-21-12-8-7-9-13-21/h7-9,12-13,18-20H,5-6,10-11,14-17H2,1-4H3. The zero-order valence-corrected chi connectivity index (χ0v) is 17.1. The lowest BCUT2D eigenvalue weighted by molar-refractivity contribution is 0.0825. The van der Waals surface area contributed by atoms with E-state index in [4.69, 9.17) is 4.84 Å². The van der Waals surface area contributed by atoms with Crippen LogP contribution in [0.2, 0.25) is 0 Å². The highest BCUT2D eigenvalue weighted by molar-refractivity contribution is 6.03. The van der Waals surface area contributed by atoms with E-state index in [9.17, 15) is 0 Å². The average molecular weight is 357 g/mol. The maximum absolute atomic E-state index is 5.77. The van der Waals surface area contributed by atoms with Gasteiger partial charge in [0.15, 0.2) is 0 Å². The molecule has 1 aliphatic rings. The highest BCUT2D eigenvalue weighted by Crippen LogP contribution is 2.22. The van der Waals surface area contributed by atoms with E-state index >= 15 is 0 Å². The second-order valence-corrected chi connectivity index (χ2v) is 7.79. The second-order valence-electron chi connectivity index (χ2n) is 7.79. The maximum Gasteiger partial charge on any atom is 0.129 e. The maximum atomic E-state index is 5.77. The van der Waals surface area contributed by atoms with E-state index < -0.39 is 0 Å². The molecule has 0 saturated heterocycles. The summed E-state index contributed by atoms with van der Waals surface area (Å²) in [5, 5.41) is 4.57. The van der Waals surface area contributed by atoms with Gasteiger partial charge in [0, 0.05) is 18.6 Å². The van der Waals surface area contributed by atoms with E-state index in [0.29, 0.717) is 18.7 Å². The lowest BCUT2D eigenvalue weighted by atomic mass is 9.93. The Morgan fingerprint density at radius 3 is 2.27 bits per heavy atom. The molecule has 1 aromatic rings. The molecule has 144 valence electrons. The molecule has 0 bridgehead atoms. The Kier molecular flexibility index (Phi) is 8.90. The van der Waals surface area contributed by atoms with Crippen molar-refractivity contribution in [1.29, 1.82) is 0 Å². The Balaban J connectivity index is 2.03. The summed E-state index contributed by atoms with van der Waals surface area (Å²) < 4.78 is 0. The van der Waals surface area contributed by atoms with Crippen molar-refractivity contribution in [3.8, 4) is 0 Å². The van der Waals surface area contributed by atoms with Crippen LogP contribution in [-0.2, 0) is 4.84 Å². The number of nitrogens with zero attached hydrogens (tertiary/aromatic N) is 2. The van der Waals surface area contributed by atoms with Crippen molar-refractivity contribution in [2.75, 3.05) is 13.2 Å². The smallest absolute Gasteiger partial charge is 0.129 e. The van der Waals surface area contributed by atoms with Crippen LogP contribution < -0.4 is 0 Å². The molecule has 2 rings (SSSR count). The van der Waals surface area contributed by atoms with Crippen LogP contribution in [0.25, 0.3) is 6.08 Å². The molecule has 0 N–H and O–H groups in total. The average Bonchev–Trinajstić information content (AvgIpc) is 2.59. The van der Waals surface area contributed by atoms with E-state index in [1.165, 1.54) is 36.8 Å². The zero-order chi connectivity index (χ0) is 18.8. The Hall–Kier alpha value is -1.61. The van der Waals surface area contributed by atoms with Gasteiger partial charge in [-0.05, 0) is 70.6 Å². The first-order chi connectivity index (χ1) is 12.6. The lowest BCUT2D eigenvalue weighted by Crippen LogP contribution is -2.39. The van der Waals surface area contributed by atoms with Crippen LogP contribution >= 0.6 is 0 Å². The summed E-state index contributed by atoms with van der Waals surface area (Å²) in [5.74, 6) is 0. The summed E-state index contributed by atoms with van der Waals surface area (Å²) in [7, 11) is 0. The van der Waals surface area contributed by atoms with Gasteiger partial charge in [0.25, 0.3) is 0 Å². The molecule has 3 nitrogen and oxygen atoms in total. The molecule has 0 atom stereocenters. The third-order valence-corrected chi connectivity index (χ3v) is 5.06. The van der Waals surface area contributed by atoms with E-state index in [2.05, 4.69) is 74.2 Å². The zero-order valence-electron chi connectivity index (χ0n) is 17.1. The van der Waals surface area contributed by atoms with Crippen LogP contribution in [0.4, 0.5) is 0 Å². The van der Waals surface area contributed by atoms with Gasteiger partial charge in [0.05, 0.1) is 5.71 Å². The monoisotopic (exact) mass is 356 g/mol. The Labute approximate surface area is 160 Å². The summed E-state index contributed by atoms with van der Waals surface area (Å²) in [6.45, 7) is 10.5. The molecule has 1 fully saturated rings. The molecule has 1 saturated carbocycles. The molecule has 0 aliphatic heterocycles. The molecule has 0 unspecified atom stereocenters. The Bertz CT molecular complexity index is 567. The van der Waals surface area contributed by atoms with Crippen molar-refractivity contribution in [3.63, 3.8) is 0 Å². The Morgan fingerprint density at radius 1 is 0.962 bits per heavy atom. The molecular weight excluding hydrogens is 320 g/mol. The second kappa shape index (κ2) is 11.2. The minimum Gasteiger partial charge on any atom is -0.394 e. The number of hydrogen-bond acceptors (Lipinski definition) is 3. The van der Waals surface area contributed by atoms with Gasteiger partial charge >= 0.3 is 0 Å². The SMILES string of the molecule is CC(C)N(CCON=C1CCCCCCC1=Cc1ccccc1)C(C)C. The largest absolute Gasteiger partial charge is 0.394 e. The molecule has 1 aliphatic carbocycles. The van der Waals surface area contributed by atoms with Crippen LogP contribution in [0.5, 0.6) is 0 Å². The third-order valence-electron chi connectivity index (χ3n) is 5.06. The molecule has 0 aromatic heterocycles. The first-order valence-corrected chi connectivity index (χ1v) is 10.3. The molecule has 3 heteroatoms. The van der Waals surface area contributed by atoms with Gasteiger partial charge in [-0.25, -0.2) is 0 Å². The van der Waals surface area contributed by atoms with Crippen molar-refractivity contribution in [2.24, 2.45) is 5.16 Å². The summed E-state index contributed by atoms with van der Waals surface area (Å²) in [4.78, 5) is 8.22. The van der Waals surface area contributed by atoms with Gasteiger partial charge in [0.1, 0.15) is 6.61 Å². The molecule has 0 amide bonds. The van der Waals surface area contributed by atoms with Crippen molar-refractivity contribution >= 4 is 11.8 Å². The Morgan fingerprint density at radius 2 is 1.62 bits per heavy atom. The molecule has 0 spiro atoms. The van der Waals surface area contributed by atoms with Gasteiger partial charge in [-0.2, -0.15) is 0 Å². The predicted octanol–water partition coefficient (Wildman–Crippen LogP) is 5.92. The number of allylic oxidation sites excluding steroid dienone is 1. The first-order valence-electron chi connectivity index (χ1n) is 10.3. The normalized spacial score (nSPS) is 19.3. The first kappa shape index (κ1) is 20.7. The summed E-state index contributed by atoms with van der Waals surface area (Å²) in [6.07, 6.45) is 9.48. The molecule has 0 heterocycles. The molecule has 0 radical (unpaired) electrons. The van der Waals surface area contributed by atoms with Crippen molar-refractivity contribution in [1.82, 2.24) is 4.90 Å². The van der Waals surface area contributed by atoms with E-state index in [1.54, 1.807) is 0 Å². The van der Waals surface area contributed by atoms with Gasteiger partial charge < -0.3 is 4.84 Å². The highest BCUT2D eigenvalue weighted by atomic mass is 16.6. The summed E-state index contributed by atoms with van der Waals surface area (Å²) in [5.41, 5.74) is 3.75. The van der Waals surface area contributed by atoms with Crippen LogP contribution in [0.3, 0.4) is 0 Å². The fourth-order valence-corrected chi connectivity index (χ4v) is 3.66. The quantitative estimate of drug-likeness (QED) is 0.448. The van der Waals surface area contributed by atoms with Crippen LogP contribution in [0.15, 0.2) is 41.1 Å². The van der Waals surface area contributed by atoms with Gasteiger partial charge in [-0.15, -0.1) is 0 Å². The summed E-state index contributed by atoms with van der Waals surface area (Å²) >= 11 is 0. The van der Waals surface area contributed by atoms with Crippen molar-refractivity contribution in [2.45, 2.75) is 78.3 Å². The van der Waals surface area contributed by atoms with E-state index in [1.807, 2.05) is 0 Å². The van der Waals surface area contributed by atoms with E-state index in [-0.39, 0.29) is 0 Å². The van der Waals surface area contributed by atoms with Gasteiger partial charge in [-0.3, -0.25) is 4.90 Å². The van der Waals surface area contributed by atoms with E-state index in [0.717, 1.165) is 25.1 Å². The number of benzene rings is 1. The third kappa shape index (κ3) is 6.95. The fraction of sp³-hybridized carbons (Fsp3) is 0.609. The summed E-state index contributed by atoms with van der Waals surface area (Å²) in [6, 6.07) is 11.6. The highest BCUT2D eigenvalue weighted by Gasteiger charge is 2.14. The predicted molar refractivity (Wildman–Crippen MR) is 112 cm³/mol. The lowest BCUT2D eigenvalue weighted by Gasteiger charge is -2.29. The van der Waals surface area contributed by atoms with Crippen LogP contribution in [0.1, 0.15) is 71.8 Å². The molecule has 1 aromatic carbocycles. The molecular formula is C23H36N2O.